The van der Waals surface area contributed by atoms with Crippen molar-refractivity contribution in [1.29, 1.82) is 0 Å². The first-order chi connectivity index (χ1) is 11.3. The van der Waals surface area contributed by atoms with Crippen molar-refractivity contribution in [3.05, 3.63) is 11.0 Å². The lowest BCUT2D eigenvalue weighted by Crippen LogP contribution is -2.39. The van der Waals surface area contributed by atoms with Gasteiger partial charge in [0.05, 0.1) is 29.9 Å². The normalized spacial score (nSPS) is 41.8. The Morgan fingerprint density at radius 2 is 1.96 bits per heavy atom. The lowest BCUT2D eigenvalue weighted by molar-refractivity contribution is -0.149. The summed E-state index contributed by atoms with van der Waals surface area (Å²) in [5.74, 6) is 0.158. The molecule has 2 bridgehead atoms. The van der Waals surface area contributed by atoms with Gasteiger partial charge in [0.15, 0.2) is 0 Å². The molecule has 0 N–H and O–H groups in total. The maximum atomic E-state index is 13.4. The van der Waals surface area contributed by atoms with Crippen LogP contribution in [-0.4, -0.2) is 35.8 Å². The van der Waals surface area contributed by atoms with Gasteiger partial charge >= 0.3 is 5.97 Å². The van der Waals surface area contributed by atoms with Gasteiger partial charge in [0.2, 0.25) is 0 Å². The largest absolute Gasteiger partial charge is 0.469 e. The van der Waals surface area contributed by atoms with Gasteiger partial charge < -0.3 is 9.47 Å². The number of methoxy groups -OCH3 is 2. The van der Waals surface area contributed by atoms with E-state index >= 15 is 0 Å². The number of esters is 1. The molecular formula is C19H30O4S. The van der Waals surface area contributed by atoms with Gasteiger partial charge in [-0.05, 0) is 54.9 Å². The molecule has 2 fully saturated rings. The molecule has 0 amide bonds. The summed E-state index contributed by atoms with van der Waals surface area (Å²) < 4.78 is 23.7. The number of allylic oxidation sites excluding steroid dienone is 1. The van der Waals surface area contributed by atoms with E-state index in [1.54, 1.807) is 7.11 Å². The summed E-state index contributed by atoms with van der Waals surface area (Å²) in [5.41, 5.74) is 0.406. The number of carbonyl (C=O) groups is 1. The number of carbonyl (C=O) groups excluding carboxylic acids is 1. The fourth-order valence-corrected chi connectivity index (χ4v) is 7.54. The van der Waals surface area contributed by atoms with Gasteiger partial charge in [0.1, 0.15) is 0 Å². The third-order valence-corrected chi connectivity index (χ3v) is 9.54. The van der Waals surface area contributed by atoms with Gasteiger partial charge in [0.25, 0.3) is 0 Å². The van der Waals surface area contributed by atoms with Crippen molar-refractivity contribution in [2.24, 2.45) is 22.7 Å². The minimum atomic E-state index is -0.991. The molecule has 0 spiro atoms. The zero-order chi connectivity index (χ0) is 17.7. The summed E-state index contributed by atoms with van der Waals surface area (Å²) in [6.07, 6.45) is 6.45. The Hall–Kier alpha value is -0.680. The second kappa shape index (κ2) is 6.24. The molecule has 0 aromatic heterocycles. The molecule has 3 aliphatic rings. The number of hydrogen-bond acceptors (Lipinski definition) is 4. The highest BCUT2D eigenvalue weighted by Gasteiger charge is 2.63. The molecule has 5 heteroatoms. The first-order valence-corrected chi connectivity index (χ1v) is 10.2. The molecule has 6 atom stereocenters. The maximum Gasteiger partial charge on any atom is 0.311 e. The van der Waals surface area contributed by atoms with Crippen molar-refractivity contribution >= 4 is 16.8 Å². The predicted octanol–water partition coefficient (Wildman–Crippen LogP) is 3.43. The molecule has 2 saturated carbocycles. The van der Waals surface area contributed by atoms with E-state index in [0.29, 0.717) is 18.8 Å². The Morgan fingerprint density at radius 1 is 1.25 bits per heavy atom. The molecule has 3 aliphatic carbocycles. The smallest absolute Gasteiger partial charge is 0.311 e. The van der Waals surface area contributed by atoms with Gasteiger partial charge in [-0.1, -0.05) is 20.8 Å². The first-order valence-electron chi connectivity index (χ1n) is 8.98. The Morgan fingerprint density at radius 3 is 2.46 bits per heavy atom. The van der Waals surface area contributed by atoms with Crippen LogP contribution in [0, 0.1) is 22.7 Å². The van der Waals surface area contributed by atoms with Gasteiger partial charge in [-0.3, -0.25) is 9.00 Å². The Labute approximate surface area is 147 Å². The van der Waals surface area contributed by atoms with E-state index in [1.165, 1.54) is 20.0 Å². The highest BCUT2D eigenvalue weighted by Crippen LogP contribution is 2.67. The number of rotatable bonds is 4. The van der Waals surface area contributed by atoms with Crippen LogP contribution in [0.15, 0.2) is 11.0 Å². The lowest BCUT2D eigenvalue weighted by atomic mass is 9.71. The van der Waals surface area contributed by atoms with Crippen molar-refractivity contribution in [2.75, 3.05) is 14.2 Å². The van der Waals surface area contributed by atoms with E-state index in [4.69, 9.17) is 9.47 Å². The van der Waals surface area contributed by atoms with Crippen LogP contribution in [0.5, 0.6) is 0 Å². The minimum absolute atomic E-state index is 0.144. The number of ether oxygens (including phenoxy) is 2. The lowest BCUT2D eigenvalue weighted by Gasteiger charge is -2.39. The monoisotopic (exact) mass is 354 g/mol. The van der Waals surface area contributed by atoms with Crippen LogP contribution in [0.1, 0.15) is 52.9 Å². The van der Waals surface area contributed by atoms with E-state index < -0.39 is 10.8 Å². The SMILES string of the molecule is COC(=O)[C@H]1CCC(S(=O)C2CC3CCC2(C)C3(C)C)=C[C@H]1OC. The number of hydrogen-bond donors (Lipinski definition) is 0. The van der Waals surface area contributed by atoms with E-state index in [0.717, 1.165) is 11.3 Å². The summed E-state index contributed by atoms with van der Waals surface area (Å²) in [6.45, 7) is 7.03. The molecule has 0 heterocycles. The van der Waals surface area contributed by atoms with Crippen LogP contribution in [0.25, 0.3) is 0 Å². The number of fused-ring (bicyclic) bond motifs is 2. The maximum absolute atomic E-state index is 13.4. The van der Waals surface area contributed by atoms with E-state index in [2.05, 4.69) is 20.8 Å². The molecule has 0 saturated heterocycles. The van der Waals surface area contributed by atoms with Crippen molar-refractivity contribution in [3.8, 4) is 0 Å². The summed E-state index contributed by atoms with van der Waals surface area (Å²) in [7, 11) is 2.02. The van der Waals surface area contributed by atoms with Gasteiger partial charge in [0, 0.05) is 17.3 Å². The molecule has 0 radical (unpaired) electrons. The summed E-state index contributed by atoms with van der Waals surface area (Å²) in [5, 5.41) is 0.227. The van der Waals surface area contributed by atoms with Crippen molar-refractivity contribution in [2.45, 2.75) is 64.2 Å². The third kappa shape index (κ3) is 2.50. The summed E-state index contributed by atoms with van der Waals surface area (Å²) >= 11 is 0. The standard InChI is InChI=1S/C19H30O4S/c1-18(2)12-8-9-19(18,3)16(10-12)24(21)13-6-7-14(17(20)23-5)15(11-13)22-4/h11-12,14-16H,6-10H2,1-5H3/t12?,14-,15+,16?,19?,24?/m0/s1. The third-order valence-electron chi connectivity index (χ3n) is 7.46. The van der Waals surface area contributed by atoms with Crippen molar-refractivity contribution < 1.29 is 18.5 Å². The molecular weight excluding hydrogens is 324 g/mol. The average molecular weight is 355 g/mol. The Kier molecular flexibility index (Phi) is 4.71. The molecule has 24 heavy (non-hydrogen) atoms. The fourth-order valence-electron chi connectivity index (χ4n) is 5.28. The highest BCUT2D eigenvalue weighted by molar-refractivity contribution is 7.89. The first kappa shape index (κ1) is 18.1. The molecule has 0 aliphatic heterocycles. The van der Waals surface area contributed by atoms with Crippen LogP contribution in [-0.2, 0) is 25.1 Å². The quantitative estimate of drug-likeness (QED) is 0.726. The highest BCUT2D eigenvalue weighted by atomic mass is 32.2. The van der Waals surface area contributed by atoms with Gasteiger partial charge in [-0.2, -0.15) is 0 Å². The minimum Gasteiger partial charge on any atom is -0.469 e. The average Bonchev–Trinajstić information content (AvgIpc) is 2.92. The molecule has 136 valence electrons. The zero-order valence-corrected chi connectivity index (χ0v) is 16.3. The van der Waals surface area contributed by atoms with Crippen LogP contribution in [0.3, 0.4) is 0 Å². The second-order valence-electron chi connectivity index (χ2n) is 8.40. The summed E-state index contributed by atoms with van der Waals surface area (Å²) in [6, 6.07) is 0. The predicted molar refractivity (Wildman–Crippen MR) is 94.8 cm³/mol. The van der Waals surface area contributed by atoms with Crippen LogP contribution in [0.2, 0.25) is 0 Å². The Balaban J connectivity index is 1.82. The van der Waals surface area contributed by atoms with Crippen molar-refractivity contribution in [3.63, 3.8) is 0 Å². The van der Waals surface area contributed by atoms with Crippen LogP contribution < -0.4 is 0 Å². The zero-order valence-electron chi connectivity index (χ0n) is 15.5. The van der Waals surface area contributed by atoms with Crippen LogP contribution >= 0.6 is 0 Å². The molecule has 0 aromatic carbocycles. The fraction of sp³-hybridized carbons (Fsp3) is 0.842. The van der Waals surface area contributed by atoms with E-state index in [9.17, 15) is 9.00 Å². The van der Waals surface area contributed by atoms with Gasteiger partial charge in [-0.15, -0.1) is 0 Å². The van der Waals surface area contributed by atoms with Crippen molar-refractivity contribution in [1.82, 2.24) is 0 Å². The second-order valence-corrected chi connectivity index (χ2v) is 10.1. The van der Waals surface area contributed by atoms with Crippen LogP contribution in [0.4, 0.5) is 0 Å². The molecule has 4 nitrogen and oxygen atoms in total. The van der Waals surface area contributed by atoms with E-state index in [1.807, 2.05) is 6.08 Å². The Bertz CT molecular complexity index is 582. The van der Waals surface area contributed by atoms with Gasteiger partial charge in [-0.25, -0.2) is 0 Å². The molecule has 4 unspecified atom stereocenters. The molecule has 3 rings (SSSR count). The molecule has 0 aromatic rings. The topological polar surface area (TPSA) is 52.6 Å². The summed E-state index contributed by atoms with van der Waals surface area (Å²) in [4.78, 5) is 12.9. The van der Waals surface area contributed by atoms with E-state index in [-0.39, 0.29) is 34.1 Å².